The number of rotatable bonds is 2. The molecular formula is C10H16O2. The molecule has 0 saturated carbocycles. The standard InChI is InChI=1S/C10H16O2/c1-10(2,9(11)12)8-6-4-3-5-7-8/h4,6,8H,3,5,7H2,1-2H3,(H,11,12). The van der Waals surface area contributed by atoms with Crippen LogP contribution in [0.15, 0.2) is 12.2 Å². The van der Waals surface area contributed by atoms with Crippen molar-refractivity contribution in [2.75, 3.05) is 0 Å². The molecule has 12 heavy (non-hydrogen) atoms. The molecule has 0 aromatic rings. The average Bonchev–Trinajstić information content (AvgIpc) is 2.06. The molecule has 0 aromatic carbocycles. The van der Waals surface area contributed by atoms with Crippen LogP contribution in [-0.4, -0.2) is 11.1 Å². The molecule has 1 aliphatic carbocycles. The molecule has 1 rings (SSSR count). The quantitative estimate of drug-likeness (QED) is 0.643. The fourth-order valence-electron chi connectivity index (χ4n) is 1.57. The summed E-state index contributed by atoms with van der Waals surface area (Å²) in [5, 5.41) is 8.96. The van der Waals surface area contributed by atoms with Crippen LogP contribution in [0.3, 0.4) is 0 Å². The van der Waals surface area contributed by atoms with Gasteiger partial charge in [-0.2, -0.15) is 0 Å². The summed E-state index contributed by atoms with van der Waals surface area (Å²) in [7, 11) is 0. The number of carbonyl (C=O) groups is 1. The van der Waals surface area contributed by atoms with Crippen molar-refractivity contribution >= 4 is 5.97 Å². The van der Waals surface area contributed by atoms with Crippen molar-refractivity contribution in [2.45, 2.75) is 33.1 Å². The van der Waals surface area contributed by atoms with Crippen molar-refractivity contribution in [3.63, 3.8) is 0 Å². The molecule has 0 aliphatic heterocycles. The zero-order valence-corrected chi connectivity index (χ0v) is 7.71. The van der Waals surface area contributed by atoms with E-state index >= 15 is 0 Å². The predicted octanol–water partition coefficient (Wildman–Crippen LogP) is 2.45. The Bertz CT molecular complexity index is 204. The van der Waals surface area contributed by atoms with E-state index in [0.29, 0.717) is 0 Å². The lowest BCUT2D eigenvalue weighted by molar-refractivity contribution is -0.149. The first kappa shape index (κ1) is 9.30. The van der Waals surface area contributed by atoms with E-state index in [1.165, 1.54) is 0 Å². The van der Waals surface area contributed by atoms with E-state index in [1.807, 2.05) is 0 Å². The largest absolute Gasteiger partial charge is 0.481 e. The molecule has 68 valence electrons. The summed E-state index contributed by atoms with van der Waals surface area (Å²) in [5.41, 5.74) is -0.600. The van der Waals surface area contributed by atoms with Gasteiger partial charge in [-0.25, -0.2) is 0 Å². The van der Waals surface area contributed by atoms with Crippen LogP contribution in [0.5, 0.6) is 0 Å². The van der Waals surface area contributed by atoms with Crippen molar-refractivity contribution in [2.24, 2.45) is 11.3 Å². The van der Waals surface area contributed by atoms with Crippen molar-refractivity contribution in [3.8, 4) is 0 Å². The number of hydrogen-bond donors (Lipinski definition) is 1. The molecule has 0 bridgehead atoms. The van der Waals surface area contributed by atoms with Gasteiger partial charge in [0.1, 0.15) is 0 Å². The third-order valence-electron chi connectivity index (χ3n) is 2.73. The van der Waals surface area contributed by atoms with E-state index < -0.39 is 11.4 Å². The first-order valence-corrected chi connectivity index (χ1v) is 4.45. The molecule has 1 N–H and O–H groups in total. The van der Waals surface area contributed by atoms with Gasteiger partial charge in [0.15, 0.2) is 0 Å². The van der Waals surface area contributed by atoms with E-state index in [1.54, 1.807) is 13.8 Å². The molecule has 0 fully saturated rings. The Morgan fingerprint density at radius 1 is 1.58 bits per heavy atom. The van der Waals surface area contributed by atoms with Crippen LogP contribution < -0.4 is 0 Å². The van der Waals surface area contributed by atoms with Gasteiger partial charge in [0.05, 0.1) is 5.41 Å². The van der Waals surface area contributed by atoms with Gasteiger partial charge in [-0.05, 0) is 39.0 Å². The molecule has 0 radical (unpaired) electrons. The Balaban J connectivity index is 2.73. The second-order valence-electron chi connectivity index (χ2n) is 3.99. The monoisotopic (exact) mass is 168 g/mol. The molecule has 0 heterocycles. The van der Waals surface area contributed by atoms with Gasteiger partial charge < -0.3 is 5.11 Å². The lowest BCUT2D eigenvalue weighted by Gasteiger charge is -2.29. The highest BCUT2D eigenvalue weighted by Crippen LogP contribution is 2.34. The van der Waals surface area contributed by atoms with E-state index in [9.17, 15) is 4.79 Å². The summed E-state index contributed by atoms with van der Waals surface area (Å²) in [6.45, 7) is 3.60. The predicted molar refractivity (Wildman–Crippen MR) is 47.9 cm³/mol. The summed E-state index contributed by atoms with van der Waals surface area (Å²) in [6.07, 6.45) is 7.39. The zero-order chi connectivity index (χ0) is 9.19. The number of hydrogen-bond acceptors (Lipinski definition) is 1. The van der Waals surface area contributed by atoms with Crippen molar-refractivity contribution in [1.82, 2.24) is 0 Å². The fourth-order valence-corrected chi connectivity index (χ4v) is 1.57. The summed E-state index contributed by atoms with van der Waals surface area (Å²) < 4.78 is 0. The fraction of sp³-hybridized carbons (Fsp3) is 0.700. The molecular weight excluding hydrogens is 152 g/mol. The molecule has 2 nitrogen and oxygen atoms in total. The minimum absolute atomic E-state index is 0.212. The van der Waals surface area contributed by atoms with Gasteiger partial charge in [-0.15, -0.1) is 0 Å². The summed E-state index contributed by atoms with van der Waals surface area (Å²) in [5.74, 6) is -0.484. The Morgan fingerprint density at radius 2 is 2.25 bits per heavy atom. The highest BCUT2D eigenvalue weighted by Gasteiger charge is 2.35. The number of carboxylic acid groups (broad SMARTS) is 1. The van der Waals surface area contributed by atoms with Crippen LogP contribution in [0.2, 0.25) is 0 Å². The maximum atomic E-state index is 10.9. The number of allylic oxidation sites excluding steroid dienone is 2. The van der Waals surface area contributed by atoms with Gasteiger partial charge >= 0.3 is 5.97 Å². The van der Waals surface area contributed by atoms with Crippen molar-refractivity contribution in [1.29, 1.82) is 0 Å². The zero-order valence-electron chi connectivity index (χ0n) is 7.71. The van der Waals surface area contributed by atoms with E-state index in [-0.39, 0.29) is 5.92 Å². The van der Waals surface area contributed by atoms with Crippen molar-refractivity contribution < 1.29 is 9.90 Å². The van der Waals surface area contributed by atoms with E-state index in [0.717, 1.165) is 19.3 Å². The smallest absolute Gasteiger partial charge is 0.309 e. The Morgan fingerprint density at radius 3 is 2.67 bits per heavy atom. The van der Waals surface area contributed by atoms with Gasteiger partial charge in [0.2, 0.25) is 0 Å². The normalized spacial score (nSPS) is 24.0. The average molecular weight is 168 g/mol. The molecule has 0 amide bonds. The van der Waals surface area contributed by atoms with Crippen LogP contribution in [-0.2, 0) is 4.79 Å². The Labute approximate surface area is 73.3 Å². The highest BCUT2D eigenvalue weighted by atomic mass is 16.4. The maximum absolute atomic E-state index is 10.9. The van der Waals surface area contributed by atoms with Gasteiger partial charge in [0.25, 0.3) is 0 Å². The van der Waals surface area contributed by atoms with Crippen LogP contribution in [0.25, 0.3) is 0 Å². The molecule has 1 atom stereocenters. The first-order valence-electron chi connectivity index (χ1n) is 4.45. The summed E-state index contributed by atoms with van der Waals surface area (Å²) >= 11 is 0. The Kier molecular flexibility index (Phi) is 2.55. The van der Waals surface area contributed by atoms with Crippen molar-refractivity contribution in [3.05, 3.63) is 12.2 Å². The van der Waals surface area contributed by atoms with Gasteiger partial charge in [-0.1, -0.05) is 12.2 Å². The second kappa shape index (κ2) is 3.30. The van der Waals surface area contributed by atoms with E-state index in [4.69, 9.17) is 5.11 Å². The maximum Gasteiger partial charge on any atom is 0.309 e. The highest BCUT2D eigenvalue weighted by molar-refractivity contribution is 5.74. The third-order valence-corrected chi connectivity index (χ3v) is 2.73. The second-order valence-corrected chi connectivity index (χ2v) is 3.99. The lowest BCUT2D eigenvalue weighted by Crippen LogP contribution is -2.32. The molecule has 1 unspecified atom stereocenters. The minimum atomic E-state index is -0.695. The Hall–Kier alpha value is -0.790. The third kappa shape index (κ3) is 1.68. The van der Waals surface area contributed by atoms with Crippen LogP contribution in [0, 0.1) is 11.3 Å². The topological polar surface area (TPSA) is 37.3 Å². The van der Waals surface area contributed by atoms with Crippen LogP contribution >= 0.6 is 0 Å². The van der Waals surface area contributed by atoms with E-state index in [2.05, 4.69) is 12.2 Å². The first-order chi connectivity index (χ1) is 5.55. The number of aliphatic carboxylic acids is 1. The SMILES string of the molecule is CC(C)(C(=O)O)C1C=CCCC1. The molecule has 1 aliphatic rings. The molecule has 0 saturated heterocycles. The molecule has 2 heteroatoms. The van der Waals surface area contributed by atoms with Crippen LogP contribution in [0.1, 0.15) is 33.1 Å². The minimum Gasteiger partial charge on any atom is -0.481 e. The van der Waals surface area contributed by atoms with Gasteiger partial charge in [0, 0.05) is 0 Å². The van der Waals surface area contributed by atoms with Gasteiger partial charge in [-0.3, -0.25) is 4.79 Å². The lowest BCUT2D eigenvalue weighted by atomic mass is 9.74. The van der Waals surface area contributed by atoms with Crippen LogP contribution in [0.4, 0.5) is 0 Å². The summed E-state index contributed by atoms with van der Waals surface area (Å²) in [6, 6.07) is 0. The molecule has 0 aromatic heterocycles. The number of carboxylic acids is 1. The molecule has 0 spiro atoms. The summed E-state index contributed by atoms with van der Waals surface area (Å²) in [4.78, 5) is 10.9.